The van der Waals surface area contributed by atoms with E-state index in [4.69, 9.17) is 4.74 Å². The predicted molar refractivity (Wildman–Crippen MR) is 105 cm³/mol. The Bertz CT molecular complexity index is 733. The number of ketones is 2. The molecule has 4 saturated carbocycles. The average Bonchev–Trinajstić information content (AvgIpc) is 2.91. The van der Waals surface area contributed by atoms with E-state index in [0.29, 0.717) is 12.3 Å². The van der Waals surface area contributed by atoms with E-state index in [0.717, 1.165) is 38.5 Å². The van der Waals surface area contributed by atoms with Crippen LogP contribution in [0.3, 0.4) is 0 Å². The lowest BCUT2D eigenvalue weighted by atomic mass is 9.44. The molecule has 0 aromatic rings. The van der Waals surface area contributed by atoms with Gasteiger partial charge in [-0.1, -0.05) is 13.8 Å². The van der Waals surface area contributed by atoms with Crippen molar-refractivity contribution in [3.8, 4) is 0 Å². The van der Waals surface area contributed by atoms with Crippen LogP contribution in [0.4, 0.5) is 0 Å². The van der Waals surface area contributed by atoms with Crippen LogP contribution in [0.25, 0.3) is 0 Å². The number of rotatable bonds is 3. The molecule has 4 aliphatic carbocycles. The second kappa shape index (κ2) is 6.88. The molecule has 0 bridgehead atoms. The Morgan fingerprint density at radius 2 is 1.86 bits per heavy atom. The van der Waals surface area contributed by atoms with Gasteiger partial charge in [0, 0.05) is 24.7 Å². The summed E-state index contributed by atoms with van der Waals surface area (Å²) >= 11 is 0. The van der Waals surface area contributed by atoms with E-state index < -0.39 is 29.4 Å². The van der Waals surface area contributed by atoms with Gasteiger partial charge in [-0.05, 0) is 68.1 Å². The molecule has 4 fully saturated rings. The zero-order valence-electron chi connectivity index (χ0n) is 17.8. The molecule has 7 unspecified atom stereocenters. The van der Waals surface area contributed by atoms with Gasteiger partial charge >= 0.3 is 5.97 Å². The lowest BCUT2D eigenvalue weighted by Crippen LogP contribution is -2.62. The molecule has 0 radical (unpaired) electrons. The van der Waals surface area contributed by atoms with E-state index in [2.05, 4.69) is 6.92 Å². The Hall–Kier alpha value is -1.27. The SMILES string of the molecule is CC(=O)OCC(=O)C1(O)CCC2C3CC[C@H]4CC(O)CCC4(C)C3C(=O)CC21C. The number of hydrogen-bond donors (Lipinski definition) is 2. The maximum absolute atomic E-state index is 13.5. The Balaban J connectivity index is 1.63. The second-order valence-corrected chi connectivity index (χ2v) is 10.6. The first-order valence-corrected chi connectivity index (χ1v) is 11.1. The van der Waals surface area contributed by atoms with Crippen LogP contribution in [0.15, 0.2) is 0 Å². The van der Waals surface area contributed by atoms with Crippen molar-refractivity contribution in [3.63, 3.8) is 0 Å². The van der Waals surface area contributed by atoms with Crippen LogP contribution in [-0.2, 0) is 19.1 Å². The monoisotopic (exact) mass is 406 g/mol. The Kier molecular flexibility index (Phi) is 4.97. The number of ether oxygens (including phenoxy) is 1. The van der Waals surface area contributed by atoms with Crippen molar-refractivity contribution < 1.29 is 29.3 Å². The number of hydrogen-bond acceptors (Lipinski definition) is 6. The highest BCUT2D eigenvalue weighted by Crippen LogP contribution is 2.67. The molecule has 162 valence electrons. The predicted octanol–water partition coefficient (Wildman–Crippen LogP) is 2.43. The highest BCUT2D eigenvalue weighted by atomic mass is 16.5. The lowest BCUT2D eigenvalue weighted by Gasteiger charge is -2.60. The number of Topliss-reactive ketones (excluding diaryl/α,β-unsaturated/α-hetero) is 2. The van der Waals surface area contributed by atoms with Gasteiger partial charge in [0.15, 0.2) is 6.61 Å². The third-order valence-corrected chi connectivity index (χ3v) is 9.35. The minimum atomic E-state index is -1.62. The first-order valence-electron chi connectivity index (χ1n) is 11.1. The van der Waals surface area contributed by atoms with Crippen LogP contribution in [0.2, 0.25) is 0 Å². The molecule has 0 spiro atoms. The van der Waals surface area contributed by atoms with Crippen molar-refractivity contribution in [2.24, 2.45) is 34.5 Å². The molecule has 0 saturated heterocycles. The van der Waals surface area contributed by atoms with Gasteiger partial charge in [0.1, 0.15) is 11.4 Å². The maximum atomic E-state index is 13.5. The number of aliphatic hydroxyl groups excluding tert-OH is 1. The van der Waals surface area contributed by atoms with Gasteiger partial charge in [-0.25, -0.2) is 0 Å². The molecular weight excluding hydrogens is 372 g/mol. The van der Waals surface area contributed by atoms with Crippen molar-refractivity contribution >= 4 is 17.5 Å². The molecule has 4 rings (SSSR count). The fourth-order valence-electron chi connectivity index (χ4n) is 7.80. The molecule has 29 heavy (non-hydrogen) atoms. The van der Waals surface area contributed by atoms with Gasteiger partial charge in [-0.15, -0.1) is 0 Å². The molecule has 4 aliphatic rings. The van der Waals surface area contributed by atoms with Gasteiger partial charge in [0.2, 0.25) is 5.78 Å². The van der Waals surface area contributed by atoms with Crippen LogP contribution in [0, 0.1) is 34.5 Å². The number of aliphatic hydroxyl groups is 2. The summed E-state index contributed by atoms with van der Waals surface area (Å²) in [4.78, 5) is 37.5. The summed E-state index contributed by atoms with van der Waals surface area (Å²) in [5.74, 6) is -0.256. The fraction of sp³-hybridized carbons (Fsp3) is 0.870. The highest BCUT2D eigenvalue weighted by molar-refractivity contribution is 5.93. The molecule has 8 atom stereocenters. The van der Waals surface area contributed by atoms with E-state index in [-0.39, 0.29) is 41.5 Å². The maximum Gasteiger partial charge on any atom is 0.303 e. The van der Waals surface area contributed by atoms with E-state index in [9.17, 15) is 24.6 Å². The molecule has 6 nitrogen and oxygen atoms in total. The van der Waals surface area contributed by atoms with E-state index in [1.807, 2.05) is 6.92 Å². The summed E-state index contributed by atoms with van der Waals surface area (Å²) in [6.45, 7) is 4.93. The molecule has 0 aromatic carbocycles. The first kappa shape index (κ1) is 21.0. The van der Waals surface area contributed by atoms with Crippen molar-refractivity contribution in [3.05, 3.63) is 0 Å². The summed E-state index contributed by atoms with van der Waals surface area (Å²) < 4.78 is 4.88. The summed E-state index contributed by atoms with van der Waals surface area (Å²) in [6, 6.07) is 0. The molecule has 0 aromatic heterocycles. The van der Waals surface area contributed by atoms with E-state index in [1.54, 1.807) is 0 Å². The van der Waals surface area contributed by atoms with Crippen LogP contribution in [-0.4, -0.2) is 46.1 Å². The molecule has 6 heteroatoms. The van der Waals surface area contributed by atoms with Gasteiger partial charge in [-0.3, -0.25) is 14.4 Å². The highest BCUT2D eigenvalue weighted by Gasteiger charge is 2.69. The van der Waals surface area contributed by atoms with E-state index in [1.165, 1.54) is 6.92 Å². The molecule has 0 amide bonds. The normalized spacial score (nSPS) is 49.0. The fourth-order valence-corrected chi connectivity index (χ4v) is 7.80. The van der Waals surface area contributed by atoms with Gasteiger partial charge < -0.3 is 14.9 Å². The number of esters is 1. The second-order valence-electron chi connectivity index (χ2n) is 10.6. The lowest BCUT2D eigenvalue weighted by molar-refractivity contribution is -0.181. The third kappa shape index (κ3) is 2.93. The minimum absolute atomic E-state index is 0.0438. The molecule has 0 heterocycles. The standard InChI is InChI=1S/C23H34O6/c1-13(24)29-12-19(27)23(28)9-7-17-16-5-4-14-10-15(25)6-8-21(14,2)20(16)18(26)11-22(17,23)3/h14-17,20,25,28H,4-12H2,1-3H3/t14-,15?,16?,17?,20?,21?,22?,23?/m0/s1. The van der Waals surface area contributed by atoms with Crippen molar-refractivity contribution in [2.75, 3.05) is 6.61 Å². The van der Waals surface area contributed by atoms with Gasteiger partial charge in [0.05, 0.1) is 6.10 Å². The van der Waals surface area contributed by atoms with Crippen LogP contribution >= 0.6 is 0 Å². The number of carbonyl (C=O) groups excluding carboxylic acids is 3. The minimum Gasteiger partial charge on any atom is -0.458 e. The quantitative estimate of drug-likeness (QED) is 0.698. The number of carbonyl (C=O) groups is 3. The van der Waals surface area contributed by atoms with Crippen molar-refractivity contribution in [1.29, 1.82) is 0 Å². The molecule has 0 aliphatic heterocycles. The summed E-state index contributed by atoms with van der Waals surface area (Å²) in [6.07, 6.45) is 5.28. The van der Waals surface area contributed by atoms with Crippen LogP contribution in [0.1, 0.15) is 72.1 Å². The molecule has 2 N–H and O–H groups in total. The van der Waals surface area contributed by atoms with Gasteiger partial charge in [-0.2, -0.15) is 0 Å². The summed E-state index contributed by atoms with van der Waals surface area (Å²) in [5.41, 5.74) is -2.52. The van der Waals surface area contributed by atoms with Crippen molar-refractivity contribution in [2.45, 2.75) is 83.8 Å². The number of fused-ring (bicyclic) bond motifs is 5. The van der Waals surface area contributed by atoms with E-state index >= 15 is 0 Å². The third-order valence-electron chi connectivity index (χ3n) is 9.35. The largest absolute Gasteiger partial charge is 0.458 e. The zero-order chi connectivity index (χ0) is 21.2. The Morgan fingerprint density at radius 3 is 2.55 bits per heavy atom. The molecular formula is C23H34O6. The zero-order valence-corrected chi connectivity index (χ0v) is 17.8. The Labute approximate surface area is 172 Å². The van der Waals surface area contributed by atoms with Crippen LogP contribution < -0.4 is 0 Å². The topological polar surface area (TPSA) is 101 Å². The summed E-state index contributed by atoms with van der Waals surface area (Å²) in [5, 5.41) is 21.6. The summed E-state index contributed by atoms with van der Waals surface area (Å²) in [7, 11) is 0. The smallest absolute Gasteiger partial charge is 0.303 e. The van der Waals surface area contributed by atoms with Gasteiger partial charge in [0.25, 0.3) is 0 Å². The first-order chi connectivity index (χ1) is 13.5. The average molecular weight is 407 g/mol. The van der Waals surface area contributed by atoms with Crippen LogP contribution in [0.5, 0.6) is 0 Å². The van der Waals surface area contributed by atoms with Crippen molar-refractivity contribution in [1.82, 2.24) is 0 Å². The Morgan fingerprint density at radius 1 is 1.14 bits per heavy atom.